The molecule has 1 aliphatic rings. The van der Waals surface area contributed by atoms with E-state index in [1.807, 2.05) is 38.1 Å². The van der Waals surface area contributed by atoms with Crippen LogP contribution in [-0.2, 0) is 21.4 Å². The van der Waals surface area contributed by atoms with E-state index in [9.17, 15) is 13.2 Å². The molecule has 1 N–H and O–H groups in total. The predicted octanol–water partition coefficient (Wildman–Crippen LogP) is 3.76. The lowest BCUT2D eigenvalue weighted by Crippen LogP contribution is -2.51. The third kappa shape index (κ3) is 4.40. The van der Waals surface area contributed by atoms with Gasteiger partial charge < -0.3 is 5.32 Å². The molecule has 0 bridgehead atoms. The summed E-state index contributed by atoms with van der Waals surface area (Å²) in [5, 5.41) is 3.16. The number of halogens is 1. The molecule has 0 saturated carbocycles. The number of nitrogens with one attached hydrogen (secondary N) is 1. The Morgan fingerprint density at radius 3 is 2.54 bits per heavy atom. The van der Waals surface area contributed by atoms with Gasteiger partial charge in [0.05, 0.1) is 10.4 Å². The van der Waals surface area contributed by atoms with Gasteiger partial charge in [-0.2, -0.15) is 4.31 Å². The van der Waals surface area contributed by atoms with Crippen LogP contribution in [0.3, 0.4) is 0 Å². The summed E-state index contributed by atoms with van der Waals surface area (Å²) in [5.41, 5.74) is 1.39. The average Bonchev–Trinajstić information content (AvgIpc) is 2.67. The summed E-state index contributed by atoms with van der Waals surface area (Å²) in [6.07, 6.45) is 1.26. The molecule has 0 aromatic heterocycles. The molecule has 1 fully saturated rings. The van der Waals surface area contributed by atoms with Crippen LogP contribution in [-0.4, -0.2) is 31.7 Å². The van der Waals surface area contributed by atoms with Crippen molar-refractivity contribution in [3.05, 3.63) is 64.7 Å². The molecule has 3 rings (SSSR count). The number of hydrogen-bond donors (Lipinski definition) is 1. The Kier molecular flexibility index (Phi) is 6.12. The van der Waals surface area contributed by atoms with Gasteiger partial charge in [0.2, 0.25) is 15.9 Å². The van der Waals surface area contributed by atoms with Crippen molar-refractivity contribution in [2.24, 2.45) is 5.41 Å². The lowest BCUT2D eigenvalue weighted by atomic mass is 9.82. The number of nitrogens with zero attached hydrogens (tertiary/aromatic N) is 1. The number of piperidine rings is 1. The van der Waals surface area contributed by atoms with E-state index in [1.165, 1.54) is 10.4 Å². The van der Waals surface area contributed by atoms with E-state index in [1.54, 1.807) is 18.2 Å². The molecule has 0 spiro atoms. The first-order valence-electron chi connectivity index (χ1n) is 9.31. The Morgan fingerprint density at radius 1 is 1.18 bits per heavy atom. The molecule has 0 aliphatic carbocycles. The first-order valence-corrected chi connectivity index (χ1v) is 11.1. The van der Waals surface area contributed by atoms with E-state index in [0.717, 1.165) is 11.1 Å². The number of aryl methyl sites for hydroxylation is 1. The smallest absolute Gasteiger partial charge is 0.244 e. The number of benzene rings is 2. The minimum Gasteiger partial charge on any atom is -0.352 e. The van der Waals surface area contributed by atoms with Crippen molar-refractivity contribution in [1.29, 1.82) is 0 Å². The molecule has 28 heavy (non-hydrogen) atoms. The highest BCUT2D eigenvalue weighted by molar-refractivity contribution is 7.89. The maximum Gasteiger partial charge on any atom is 0.244 e. The van der Waals surface area contributed by atoms with Crippen molar-refractivity contribution < 1.29 is 13.2 Å². The number of rotatable bonds is 5. The number of carbonyl (C=O) groups excluding carboxylic acids is 1. The van der Waals surface area contributed by atoms with Gasteiger partial charge in [-0.15, -0.1) is 0 Å². The molecule has 1 aliphatic heterocycles. The van der Waals surface area contributed by atoms with Crippen LogP contribution >= 0.6 is 11.6 Å². The van der Waals surface area contributed by atoms with Gasteiger partial charge in [0.15, 0.2) is 0 Å². The fourth-order valence-corrected chi connectivity index (χ4v) is 5.57. The summed E-state index contributed by atoms with van der Waals surface area (Å²) in [5.74, 6) is -0.132. The van der Waals surface area contributed by atoms with Crippen LogP contribution in [0.5, 0.6) is 0 Å². The largest absolute Gasteiger partial charge is 0.352 e. The van der Waals surface area contributed by atoms with E-state index in [2.05, 4.69) is 5.32 Å². The molecule has 1 heterocycles. The van der Waals surface area contributed by atoms with E-state index >= 15 is 0 Å². The molecule has 0 unspecified atom stereocenters. The highest BCUT2D eigenvalue weighted by Gasteiger charge is 2.42. The predicted molar refractivity (Wildman–Crippen MR) is 111 cm³/mol. The Balaban J connectivity index is 1.72. The van der Waals surface area contributed by atoms with Crippen LogP contribution in [0.4, 0.5) is 0 Å². The molecule has 150 valence electrons. The molecule has 5 nitrogen and oxygen atoms in total. The van der Waals surface area contributed by atoms with Crippen LogP contribution in [0.15, 0.2) is 53.4 Å². The molecule has 0 radical (unpaired) electrons. The first-order chi connectivity index (χ1) is 13.2. The zero-order chi connectivity index (χ0) is 20.4. The van der Waals surface area contributed by atoms with Gasteiger partial charge in [0.1, 0.15) is 4.90 Å². The standard InChI is InChI=1S/C21H25ClN2O3S/c1-16-8-10-17(11-9-16)14-23-20(25)21(2)12-5-13-24(15-21)28(26,27)19-7-4-3-6-18(19)22/h3-4,6-11H,5,12-15H2,1-2H3,(H,23,25)/t21-/m1/s1. The molecular weight excluding hydrogens is 396 g/mol. The highest BCUT2D eigenvalue weighted by atomic mass is 35.5. The molecule has 2 aromatic rings. The number of sulfonamides is 1. The maximum atomic E-state index is 13.0. The molecular formula is C21H25ClN2O3S. The van der Waals surface area contributed by atoms with E-state index in [0.29, 0.717) is 25.9 Å². The van der Waals surface area contributed by atoms with Crippen molar-refractivity contribution in [2.75, 3.05) is 13.1 Å². The van der Waals surface area contributed by atoms with Crippen LogP contribution in [0, 0.1) is 12.3 Å². The van der Waals surface area contributed by atoms with E-state index in [4.69, 9.17) is 11.6 Å². The van der Waals surface area contributed by atoms with Crippen molar-refractivity contribution in [1.82, 2.24) is 9.62 Å². The van der Waals surface area contributed by atoms with Gasteiger partial charge in [0.25, 0.3) is 0 Å². The summed E-state index contributed by atoms with van der Waals surface area (Å²) < 4.78 is 27.5. The van der Waals surface area contributed by atoms with Gasteiger partial charge >= 0.3 is 0 Å². The molecule has 1 saturated heterocycles. The van der Waals surface area contributed by atoms with Crippen molar-refractivity contribution in [2.45, 2.75) is 38.1 Å². The lowest BCUT2D eigenvalue weighted by molar-refractivity contribution is -0.132. The first kappa shape index (κ1) is 20.8. The Labute approximate surface area is 171 Å². The fourth-order valence-electron chi connectivity index (χ4n) is 3.48. The van der Waals surface area contributed by atoms with Crippen molar-refractivity contribution in [3.63, 3.8) is 0 Å². The lowest BCUT2D eigenvalue weighted by Gasteiger charge is -2.38. The Bertz CT molecular complexity index is 960. The second-order valence-corrected chi connectivity index (χ2v) is 9.92. The highest BCUT2D eigenvalue weighted by Crippen LogP contribution is 2.34. The molecule has 2 aromatic carbocycles. The third-order valence-electron chi connectivity index (χ3n) is 5.24. The monoisotopic (exact) mass is 420 g/mol. The van der Waals surface area contributed by atoms with E-state index in [-0.39, 0.29) is 22.4 Å². The molecule has 7 heteroatoms. The number of hydrogen-bond acceptors (Lipinski definition) is 3. The summed E-state index contributed by atoms with van der Waals surface area (Å²) in [4.78, 5) is 13.0. The fraction of sp³-hybridized carbons (Fsp3) is 0.381. The Morgan fingerprint density at radius 2 is 1.86 bits per heavy atom. The topological polar surface area (TPSA) is 66.5 Å². The van der Waals surface area contributed by atoms with Crippen molar-refractivity contribution in [3.8, 4) is 0 Å². The zero-order valence-corrected chi connectivity index (χ0v) is 17.7. The second kappa shape index (κ2) is 8.23. The summed E-state index contributed by atoms with van der Waals surface area (Å²) in [6.45, 7) is 4.78. The normalized spacial score (nSPS) is 20.7. The maximum absolute atomic E-state index is 13.0. The van der Waals surface area contributed by atoms with Crippen LogP contribution in [0.2, 0.25) is 5.02 Å². The Hall–Kier alpha value is -1.89. The number of amides is 1. The van der Waals surface area contributed by atoms with Gasteiger partial charge in [-0.25, -0.2) is 8.42 Å². The van der Waals surface area contributed by atoms with E-state index < -0.39 is 15.4 Å². The van der Waals surface area contributed by atoms with Gasteiger partial charge in [0, 0.05) is 19.6 Å². The quantitative estimate of drug-likeness (QED) is 0.800. The zero-order valence-electron chi connectivity index (χ0n) is 16.1. The van der Waals surface area contributed by atoms with Gasteiger partial charge in [-0.1, -0.05) is 53.6 Å². The summed E-state index contributed by atoms with van der Waals surface area (Å²) in [6, 6.07) is 14.4. The molecule has 1 amide bonds. The SMILES string of the molecule is Cc1ccc(CNC(=O)[C@]2(C)CCCN(S(=O)(=O)c3ccccc3Cl)C2)cc1. The van der Waals surface area contributed by atoms with Gasteiger partial charge in [-0.3, -0.25) is 4.79 Å². The third-order valence-corrected chi connectivity index (χ3v) is 7.58. The summed E-state index contributed by atoms with van der Waals surface area (Å²) >= 11 is 6.11. The second-order valence-electron chi connectivity index (χ2n) is 7.60. The van der Waals surface area contributed by atoms with Crippen LogP contribution in [0.25, 0.3) is 0 Å². The summed E-state index contributed by atoms with van der Waals surface area (Å²) in [7, 11) is -3.75. The minimum atomic E-state index is -3.75. The average molecular weight is 421 g/mol. The van der Waals surface area contributed by atoms with Crippen LogP contribution < -0.4 is 5.32 Å². The number of carbonyl (C=O) groups is 1. The van der Waals surface area contributed by atoms with Gasteiger partial charge in [-0.05, 0) is 44.4 Å². The van der Waals surface area contributed by atoms with Crippen molar-refractivity contribution >= 4 is 27.5 Å². The van der Waals surface area contributed by atoms with Crippen LogP contribution in [0.1, 0.15) is 30.9 Å². The minimum absolute atomic E-state index is 0.0842. The molecule has 1 atom stereocenters.